The van der Waals surface area contributed by atoms with Crippen molar-refractivity contribution < 1.29 is 68.2 Å². The van der Waals surface area contributed by atoms with E-state index >= 15 is 0 Å². The van der Waals surface area contributed by atoms with Crippen LogP contribution in [0.4, 0.5) is 0 Å². The molecule has 0 aromatic rings. The van der Waals surface area contributed by atoms with Crippen LogP contribution in [-0.4, -0.2) is 110 Å². The number of hydrogen-bond acceptors (Lipinski definition) is 13. The summed E-state index contributed by atoms with van der Waals surface area (Å²) in [4.78, 5) is 35.7. The first-order valence-corrected chi connectivity index (χ1v) is 24.4. The fourth-order valence-electron chi connectivity index (χ4n) is 6.88. The summed E-state index contributed by atoms with van der Waals surface area (Å²) in [5.74, 6) is -1.17. The predicted octanol–water partition coefficient (Wildman–Crippen LogP) is 7.58. The normalized spacial score (nSPS) is 23.0. The molecule has 14 nitrogen and oxygen atoms in total. The molecule has 1 fully saturated rings. The van der Waals surface area contributed by atoms with Gasteiger partial charge in [-0.3, -0.25) is 18.6 Å². The summed E-state index contributed by atoms with van der Waals surface area (Å²) in [7, 11) is -5.14. The maximum atomic E-state index is 12.8. The molecule has 1 rings (SSSR count). The standard InChI is InChI=1S/C45H81O14P/c1-3-5-7-9-11-12-13-14-15-16-17-18-20-24-29-33-39(48)58-37(35-57-60(54,55)59-45-43(52)41(50)40(49)42(51)44(45)53)34-56-38(47)32-28-25-21-23-27-31-36(46)30-26-22-19-10-8-6-4-2/h6,8,19,22,26,30,36-37,40-46,49-53H,3-5,7,9-18,20-21,23-25,27-29,31-35H2,1-2H3,(H,54,55)/b8-6+,22-19+,30-26+/t36?,37-,40?,41-,42+,43-,44-,45?/m1/s1. The number of phosphoric ester groups is 1. The molecule has 350 valence electrons. The zero-order valence-corrected chi connectivity index (χ0v) is 37.5. The van der Waals surface area contributed by atoms with E-state index in [-0.39, 0.29) is 12.8 Å². The highest BCUT2D eigenvalue weighted by Gasteiger charge is 2.51. The van der Waals surface area contributed by atoms with Crippen LogP contribution in [0.3, 0.4) is 0 Å². The molecule has 1 saturated carbocycles. The van der Waals surface area contributed by atoms with Crippen molar-refractivity contribution in [3.05, 3.63) is 36.5 Å². The summed E-state index contributed by atoms with van der Waals surface area (Å²) >= 11 is 0. The fourth-order valence-corrected chi connectivity index (χ4v) is 7.86. The van der Waals surface area contributed by atoms with Crippen LogP contribution in [0.15, 0.2) is 36.5 Å². The summed E-state index contributed by atoms with van der Waals surface area (Å²) < 4.78 is 33.5. The van der Waals surface area contributed by atoms with Crippen molar-refractivity contribution in [2.45, 2.75) is 223 Å². The second-order valence-electron chi connectivity index (χ2n) is 16.1. The van der Waals surface area contributed by atoms with Gasteiger partial charge in [-0.05, 0) is 32.1 Å². The number of carbonyl (C=O) groups is 2. The molecule has 60 heavy (non-hydrogen) atoms. The molecule has 0 saturated heterocycles. The van der Waals surface area contributed by atoms with Gasteiger partial charge < -0.3 is 45.0 Å². The van der Waals surface area contributed by atoms with Crippen LogP contribution in [0, 0.1) is 0 Å². The van der Waals surface area contributed by atoms with Gasteiger partial charge in [0.15, 0.2) is 6.10 Å². The molecule has 0 spiro atoms. The van der Waals surface area contributed by atoms with Crippen molar-refractivity contribution in [3.8, 4) is 0 Å². The molecular formula is C45H81O14P. The van der Waals surface area contributed by atoms with Crippen molar-refractivity contribution in [1.82, 2.24) is 0 Å². The summed E-state index contributed by atoms with van der Waals surface area (Å²) in [5.41, 5.74) is 0. The minimum absolute atomic E-state index is 0.0792. The molecule has 0 bridgehead atoms. The number of rotatable bonds is 37. The van der Waals surface area contributed by atoms with Crippen LogP contribution in [0.5, 0.6) is 0 Å². The van der Waals surface area contributed by atoms with Gasteiger partial charge in [0.25, 0.3) is 0 Å². The van der Waals surface area contributed by atoms with Crippen LogP contribution in [0.2, 0.25) is 0 Å². The quantitative estimate of drug-likeness (QED) is 0.0105. The molecule has 15 heteroatoms. The van der Waals surface area contributed by atoms with E-state index < -0.39 is 81.8 Å². The molecule has 0 aromatic carbocycles. The Morgan fingerprint density at radius 2 is 1.08 bits per heavy atom. The van der Waals surface area contributed by atoms with Crippen LogP contribution < -0.4 is 0 Å². The van der Waals surface area contributed by atoms with E-state index in [1.165, 1.54) is 64.2 Å². The number of ether oxygens (including phenoxy) is 2. The Labute approximate surface area is 360 Å². The van der Waals surface area contributed by atoms with Gasteiger partial charge in [0, 0.05) is 12.8 Å². The van der Waals surface area contributed by atoms with Crippen molar-refractivity contribution in [2.75, 3.05) is 13.2 Å². The topological polar surface area (TPSA) is 230 Å². The monoisotopic (exact) mass is 877 g/mol. The van der Waals surface area contributed by atoms with Gasteiger partial charge in [0.1, 0.15) is 43.2 Å². The Balaban J connectivity index is 2.50. The maximum Gasteiger partial charge on any atom is 0.472 e. The molecule has 7 N–H and O–H groups in total. The molecule has 1 aliphatic rings. The van der Waals surface area contributed by atoms with Crippen LogP contribution in [-0.2, 0) is 32.7 Å². The summed E-state index contributed by atoms with van der Waals surface area (Å²) in [6.45, 7) is 3.09. The second-order valence-corrected chi connectivity index (χ2v) is 17.5. The van der Waals surface area contributed by atoms with Crippen molar-refractivity contribution in [1.29, 1.82) is 0 Å². The Kier molecular flexibility index (Phi) is 33.1. The average molecular weight is 877 g/mol. The Morgan fingerprint density at radius 3 is 1.62 bits per heavy atom. The molecule has 1 aliphatic carbocycles. The second kappa shape index (κ2) is 35.5. The summed E-state index contributed by atoms with van der Waals surface area (Å²) in [6, 6.07) is 0. The molecule has 0 aliphatic heterocycles. The fraction of sp³-hybridized carbons (Fsp3) is 0.822. The molecule has 0 heterocycles. The number of carbonyl (C=O) groups excluding carboxylic acids is 2. The van der Waals surface area contributed by atoms with Gasteiger partial charge in [-0.1, -0.05) is 166 Å². The number of aliphatic hydroxyl groups is 6. The molecule has 0 aromatic heterocycles. The number of allylic oxidation sites excluding steroid dienone is 5. The third-order valence-electron chi connectivity index (χ3n) is 10.6. The average Bonchev–Trinajstić information content (AvgIpc) is 3.22. The minimum Gasteiger partial charge on any atom is -0.462 e. The van der Waals surface area contributed by atoms with E-state index in [0.29, 0.717) is 19.3 Å². The number of esters is 2. The first-order chi connectivity index (χ1) is 28.8. The highest BCUT2D eigenvalue weighted by Crippen LogP contribution is 2.47. The molecule has 9 atom stereocenters. The van der Waals surface area contributed by atoms with Crippen molar-refractivity contribution in [2.24, 2.45) is 0 Å². The highest BCUT2D eigenvalue weighted by molar-refractivity contribution is 7.47. The largest absolute Gasteiger partial charge is 0.472 e. The molecular weight excluding hydrogens is 795 g/mol. The number of hydrogen-bond donors (Lipinski definition) is 7. The lowest BCUT2D eigenvalue weighted by Crippen LogP contribution is -2.64. The van der Waals surface area contributed by atoms with Gasteiger partial charge in [0.05, 0.1) is 12.7 Å². The number of aliphatic hydroxyl groups excluding tert-OH is 6. The number of phosphoric acid groups is 1. The smallest absolute Gasteiger partial charge is 0.462 e. The Hall–Kier alpha value is -1.97. The lowest BCUT2D eigenvalue weighted by molar-refractivity contribution is -0.220. The predicted molar refractivity (Wildman–Crippen MR) is 232 cm³/mol. The van der Waals surface area contributed by atoms with Crippen LogP contribution in [0.25, 0.3) is 0 Å². The summed E-state index contributed by atoms with van der Waals surface area (Å²) in [6.07, 6.45) is 22.1. The lowest BCUT2D eigenvalue weighted by Gasteiger charge is -2.41. The third kappa shape index (κ3) is 27.9. The zero-order valence-electron chi connectivity index (χ0n) is 36.6. The molecule has 4 unspecified atom stereocenters. The van der Waals surface area contributed by atoms with E-state index in [9.17, 15) is 49.7 Å². The van der Waals surface area contributed by atoms with Crippen LogP contribution in [0.1, 0.15) is 174 Å². The first kappa shape index (κ1) is 56.0. The van der Waals surface area contributed by atoms with E-state index in [1.54, 1.807) is 6.08 Å². The molecule has 0 amide bonds. The van der Waals surface area contributed by atoms with E-state index in [0.717, 1.165) is 64.2 Å². The number of unbranched alkanes of at least 4 members (excludes halogenated alkanes) is 18. The van der Waals surface area contributed by atoms with Gasteiger partial charge in [0.2, 0.25) is 0 Å². The van der Waals surface area contributed by atoms with E-state index in [4.69, 9.17) is 18.5 Å². The van der Waals surface area contributed by atoms with Crippen molar-refractivity contribution in [3.63, 3.8) is 0 Å². The molecule has 0 radical (unpaired) electrons. The highest BCUT2D eigenvalue weighted by atomic mass is 31.2. The van der Waals surface area contributed by atoms with Crippen LogP contribution >= 0.6 is 7.82 Å². The van der Waals surface area contributed by atoms with Gasteiger partial charge in [-0.25, -0.2) is 4.57 Å². The third-order valence-corrected chi connectivity index (χ3v) is 11.6. The summed E-state index contributed by atoms with van der Waals surface area (Å²) in [5, 5.41) is 60.3. The van der Waals surface area contributed by atoms with E-state index in [1.807, 2.05) is 18.2 Å². The van der Waals surface area contributed by atoms with E-state index in [2.05, 4.69) is 26.0 Å². The zero-order chi connectivity index (χ0) is 44.4. The Morgan fingerprint density at radius 1 is 0.600 bits per heavy atom. The first-order valence-electron chi connectivity index (χ1n) is 22.9. The van der Waals surface area contributed by atoms with Gasteiger partial charge >= 0.3 is 19.8 Å². The lowest BCUT2D eigenvalue weighted by atomic mass is 9.85. The maximum absolute atomic E-state index is 12.8. The Bertz CT molecular complexity index is 1210. The SMILES string of the molecule is CC/C=C/C/C=C/C=C/C(O)CCCCCCCC(=O)OC[C@H](COP(=O)(O)OC1[C@H](O)[C@H](O)C(O)[C@H](O)[C@H]1O)OC(=O)CCCCCCCCCCCCCCCCC. The van der Waals surface area contributed by atoms with Crippen molar-refractivity contribution >= 4 is 19.8 Å². The minimum atomic E-state index is -5.14. The van der Waals surface area contributed by atoms with Gasteiger partial charge in [-0.2, -0.15) is 0 Å². The van der Waals surface area contributed by atoms with Gasteiger partial charge in [-0.15, -0.1) is 0 Å².